The fourth-order valence-corrected chi connectivity index (χ4v) is 5.05. The number of aromatic nitrogens is 4. The lowest BCUT2D eigenvalue weighted by Gasteiger charge is -2.37. The van der Waals surface area contributed by atoms with E-state index < -0.39 is 32.2 Å². The molecular formula is C28H33F2N6O4Si. The van der Waals surface area contributed by atoms with Crippen LogP contribution < -0.4 is 15.4 Å². The zero-order valence-electron chi connectivity index (χ0n) is 23.5. The number of nitrogens with zero attached hydrogens (tertiary/aromatic N) is 4. The minimum atomic E-state index is -0.966. The number of amides is 2. The van der Waals surface area contributed by atoms with Crippen LogP contribution >= 0.6 is 0 Å². The molecule has 1 saturated heterocycles. The van der Waals surface area contributed by atoms with Gasteiger partial charge in [-0.3, -0.25) is 4.68 Å². The molecule has 5 rings (SSSR count). The highest BCUT2D eigenvalue weighted by Crippen LogP contribution is 2.39. The average Bonchev–Trinajstić information content (AvgIpc) is 3.49. The lowest BCUT2D eigenvalue weighted by molar-refractivity contribution is -0.0974. The highest BCUT2D eigenvalue weighted by molar-refractivity contribution is 6.55. The highest BCUT2D eigenvalue weighted by atomic mass is 28.3. The number of carbonyl (C=O) groups excluding carboxylic acids is 1. The third-order valence-corrected chi connectivity index (χ3v) is 8.04. The Labute approximate surface area is 238 Å². The highest BCUT2D eigenvalue weighted by Gasteiger charge is 2.33. The van der Waals surface area contributed by atoms with E-state index in [1.54, 1.807) is 24.0 Å². The molecule has 41 heavy (non-hydrogen) atoms. The fourth-order valence-electron chi connectivity index (χ4n) is 4.50. The van der Waals surface area contributed by atoms with Gasteiger partial charge < -0.3 is 29.4 Å². The van der Waals surface area contributed by atoms with Gasteiger partial charge in [-0.15, -0.1) is 0 Å². The Kier molecular flexibility index (Phi) is 8.38. The van der Waals surface area contributed by atoms with Gasteiger partial charge >= 0.3 is 6.03 Å². The monoisotopic (exact) mass is 583 g/mol. The number of carbonyl (C=O) groups is 1. The summed E-state index contributed by atoms with van der Waals surface area (Å²) >= 11 is 0. The van der Waals surface area contributed by atoms with Crippen LogP contribution in [-0.4, -0.2) is 60.5 Å². The van der Waals surface area contributed by atoms with E-state index in [2.05, 4.69) is 33.8 Å². The summed E-state index contributed by atoms with van der Waals surface area (Å²) in [7, 11) is 1.39. The summed E-state index contributed by atoms with van der Waals surface area (Å²) in [5.41, 5.74) is 1.85. The molecule has 13 heteroatoms. The van der Waals surface area contributed by atoms with Gasteiger partial charge in [-0.2, -0.15) is 5.10 Å². The first-order valence-electron chi connectivity index (χ1n) is 13.3. The Morgan fingerprint density at radius 1 is 1.20 bits per heavy atom. The molecule has 1 aliphatic heterocycles. The molecule has 0 spiro atoms. The van der Waals surface area contributed by atoms with Crippen molar-refractivity contribution in [2.24, 2.45) is 12.5 Å². The second-order valence-corrected chi connectivity index (χ2v) is 13.8. The number of aryl methyl sites for hydroxylation is 1. The number of benzene rings is 1. The molecule has 2 amide bonds. The van der Waals surface area contributed by atoms with E-state index in [-0.39, 0.29) is 23.6 Å². The minimum absolute atomic E-state index is 0.0396. The van der Waals surface area contributed by atoms with Gasteiger partial charge in [0.1, 0.15) is 18.1 Å². The molecule has 0 unspecified atom stereocenters. The third kappa shape index (κ3) is 6.42. The maximum atomic E-state index is 15.2. The fraction of sp³-hybridized carbons (Fsp3) is 0.393. The second-order valence-electron chi connectivity index (χ2n) is 10.8. The molecule has 0 atom stereocenters. The lowest BCUT2D eigenvalue weighted by atomic mass is 9.89. The van der Waals surface area contributed by atoms with Crippen molar-refractivity contribution in [2.45, 2.75) is 32.8 Å². The van der Waals surface area contributed by atoms with Gasteiger partial charge in [0.25, 0.3) is 0 Å². The summed E-state index contributed by atoms with van der Waals surface area (Å²) in [5.74, 6) is -2.31. The predicted octanol–water partition coefficient (Wildman–Crippen LogP) is 5.39. The van der Waals surface area contributed by atoms with E-state index in [9.17, 15) is 4.79 Å². The molecule has 1 fully saturated rings. The second kappa shape index (κ2) is 12.0. The third-order valence-electron chi connectivity index (χ3n) is 6.84. The first kappa shape index (κ1) is 28.7. The predicted molar refractivity (Wildman–Crippen MR) is 153 cm³/mol. The standard InChI is InChI=1S/C28H33F2N6O4Si/c1-28(15-39-16-28)14-32-27(37)34-18-11-20(29)25(21(30)12-18)40-23-6-7-31-26-24(23)19(22-5-8-33-35(22)2)13-36(26)17-38-9-10-41(3)4/h5-8,11-13H,9-10,14-17H2,1-4H3,(H2,32,34,37). The molecule has 1 radical (unpaired) electrons. The van der Waals surface area contributed by atoms with Gasteiger partial charge in [-0.1, -0.05) is 20.0 Å². The average molecular weight is 584 g/mol. The summed E-state index contributed by atoms with van der Waals surface area (Å²) in [5, 5.41) is 10.0. The van der Waals surface area contributed by atoms with E-state index in [0.29, 0.717) is 37.4 Å². The summed E-state index contributed by atoms with van der Waals surface area (Å²) in [6.45, 7) is 8.79. The topological polar surface area (TPSA) is 104 Å². The molecule has 0 aliphatic carbocycles. The normalized spacial score (nSPS) is 14.3. The molecule has 4 aromatic rings. The van der Waals surface area contributed by atoms with Crippen molar-refractivity contribution < 1.29 is 27.8 Å². The van der Waals surface area contributed by atoms with Crippen molar-refractivity contribution in [3.8, 4) is 22.8 Å². The molecule has 1 aromatic carbocycles. The van der Waals surface area contributed by atoms with Crippen molar-refractivity contribution in [3.05, 3.63) is 54.5 Å². The van der Waals surface area contributed by atoms with Gasteiger partial charge in [0.05, 0.1) is 24.3 Å². The Morgan fingerprint density at radius 2 is 1.95 bits per heavy atom. The van der Waals surface area contributed by atoms with Crippen LogP contribution in [0.25, 0.3) is 22.3 Å². The quantitative estimate of drug-likeness (QED) is 0.181. The molecule has 0 bridgehead atoms. The van der Waals surface area contributed by atoms with Crippen LogP contribution in [0.5, 0.6) is 11.5 Å². The summed E-state index contributed by atoms with van der Waals surface area (Å²) in [6.07, 6.45) is 5.06. The van der Waals surface area contributed by atoms with Crippen LogP contribution in [0.1, 0.15) is 6.92 Å². The Morgan fingerprint density at radius 3 is 2.59 bits per heavy atom. The van der Waals surface area contributed by atoms with Crippen LogP contribution in [0.4, 0.5) is 19.3 Å². The van der Waals surface area contributed by atoms with Crippen molar-refractivity contribution in [1.29, 1.82) is 0 Å². The van der Waals surface area contributed by atoms with Gasteiger partial charge in [0, 0.05) is 76.4 Å². The summed E-state index contributed by atoms with van der Waals surface area (Å²) < 4.78 is 50.9. The summed E-state index contributed by atoms with van der Waals surface area (Å²) in [4.78, 5) is 16.8. The van der Waals surface area contributed by atoms with E-state index in [1.165, 1.54) is 6.20 Å². The molecule has 217 valence electrons. The van der Waals surface area contributed by atoms with Crippen molar-refractivity contribution in [1.82, 2.24) is 24.6 Å². The first-order chi connectivity index (χ1) is 19.6. The molecule has 1 aliphatic rings. The van der Waals surface area contributed by atoms with Gasteiger partial charge in [-0.25, -0.2) is 18.6 Å². The maximum absolute atomic E-state index is 15.2. The van der Waals surface area contributed by atoms with E-state index in [1.807, 2.05) is 23.8 Å². The number of hydrogen-bond donors (Lipinski definition) is 2. The largest absolute Gasteiger partial charge is 0.450 e. The minimum Gasteiger partial charge on any atom is -0.450 e. The SMILES string of the molecule is Cn1nccc1-c1cn(COCC[Si](C)C)c2nccc(Oc3c(F)cc(NC(=O)NCC4(C)COC4)cc3F)c12. The Bertz CT molecular complexity index is 1530. The van der Waals surface area contributed by atoms with Gasteiger partial charge in [0.15, 0.2) is 17.4 Å². The molecule has 4 heterocycles. The van der Waals surface area contributed by atoms with Crippen LogP contribution in [0.15, 0.2) is 42.9 Å². The maximum Gasteiger partial charge on any atom is 0.319 e. The van der Waals surface area contributed by atoms with Gasteiger partial charge in [-0.05, 0) is 18.2 Å². The number of urea groups is 1. The van der Waals surface area contributed by atoms with Crippen molar-refractivity contribution in [2.75, 3.05) is 31.7 Å². The Hall–Kier alpha value is -3.81. The zero-order chi connectivity index (χ0) is 29.1. The van der Waals surface area contributed by atoms with E-state index >= 15 is 8.78 Å². The van der Waals surface area contributed by atoms with E-state index in [0.717, 1.165) is 29.4 Å². The number of halogens is 2. The van der Waals surface area contributed by atoms with Crippen LogP contribution in [-0.2, 0) is 23.3 Å². The first-order valence-corrected chi connectivity index (χ1v) is 16.0. The van der Waals surface area contributed by atoms with Crippen LogP contribution in [0, 0.1) is 17.0 Å². The lowest BCUT2D eigenvalue weighted by Crippen LogP contribution is -2.49. The number of pyridine rings is 1. The zero-order valence-corrected chi connectivity index (χ0v) is 24.5. The number of nitrogens with one attached hydrogen (secondary N) is 2. The number of ether oxygens (including phenoxy) is 3. The molecule has 10 nitrogen and oxygen atoms in total. The van der Waals surface area contributed by atoms with Crippen molar-refractivity contribution in [3.63, 3.8) is 0 Å². The summed E-state index contributed by atoms with van der Waals surface area (Å²) in [6, 6.07) is 5.87. The van der Waals surface area contributed by atoms with Gasteiger partial charge in [0.2, 0.25) is 0 Å². The van der Waals surface area contributed by atoms with Crippen LogP contribution in [0.2, 0.25) is 19.1 Å². The number of fused-ring (bicyclic) bond motifs is 1. The molecule has 0 saturated carbocycles. The Balaban J connectivity index is 1.41. The molecule has 3 aromatic heterocycles. The number of anilines is 1. The number of rotatable bonds is 11. The smallest absolute Gasteiger partial charge is 0.319 e. The number of hydrogen-bond acceptors (Lipinski definition) is 6. The van der Waals surface area contributed by atoms with Crippen molar-refractivity contribution >= 4 is 31.5 Å². The molecule has 2 N–H and O–H groups in total. The van der Waals surface area contributed by atoms with E-state index in [4.69, 9.17) is 14.2 Å². The van der Waals surface area contributed by atoms with Crippen LogP contribution in [0.3, 0.4) is 0 Å². The molecular weight excluding hydrogens is 550 g/mol.